The Hall–Kier alpha value is -0.540. The molecule has 2 N–H and O–H groups in total. The van der Waals surface area contributed by atoms with Crippen LogP contribution in [-0.2, 0) is 16.4 Å². The summed E-state index contributed by atoms with van der Waals surface area (Å²) in [5, 5.41) is 7.61. The van der Waals surface area contributed by atoms with Crippen LogP contribution in [-0.4, -0.2) is 38.5 Å². The zero-order valence-corrected chi connectivity index (χ0v) is 19.6. The molecule has 1 aromatic rings. The predicted molar refractivity (Wildman–Crippen MR) is 123 cm³/mol. The van der Waals surface area contributed by atoms with E-state index in [-0.39, 0.29) is 35.6 Å². The van der Waals surface area contributed by atoms with E-state index in [1.54, 1.807) is 0 Å². The highest BCUT2D eigenvalue weighted by Gasteiger charge is 2.28. The number of rotatable bonds is 5. The standard InChI is InChI=1S/C19H28ClN3O2S.HI/c1-14-6-7-17(20)10-16(14)12-22-19(23-18-4-2-3-5-18)21-11-15-8-9-26(24,25)13-15;/h6-7,10,15,18H,2-5,8-9,11-13H2,1H3,(H2,21,22,23);1H. The van der Waals surface area contributed by atoms with Gasteiger partial charge in [-0.3, -0.25) is 0 Å². The fourth-order valence-corrected chi connectivity index (χ4v) is 5.72. The van der Waals surface area contributed by atoms with E-state index in [0.717, 1.165) is 35.8 Å². The molecule has 1 unspecified atom stereocenters. The van der Waals surface area contributed by atoms with Gasteiger partial charge in [0.05, 0.1) is 18.1 Å². The maximum Gasteiger partial charge on any atom is 0.191 e. The normalized spacial score (nSPS) is 22.4. The molecule has 27 heavy (non-hydrogen) atoms. The third kappa shape index (κ3) is 7.09. The number of hydrogen-bond acceptors (Lipinski definition) is 3. The minimum Gasteiger partial charge on any atom is -0.356 e. The smallest absolute Gasteiger partial charge is 0.191 e. The first-order chi connectivity index (χ1) is 12.4. The van der Waals surface area contributed by atoms with Gasteiger partial charge in [-0.15, -0.1) is 24.0 Å². The van der Waals surface area contributed by atoms with Crippen LogP contribution in [0.4, 0.5) is 0 Å². The average Bonchev–Trinajstić information content (AvgIpc) is 3.22. The zero-order valence-electron chi connectivity index (χ0n) is 15.7. The lowest BCUT2D eigenvalue weighted by molar-refractivity contribution is 0.553. The molecule has 5 nitrogen and oxygen atoms in total. The number of halogens is 2. The quantitative estimate of drug-likeness (QED) is 0.350. The van der Waals surface area contributed by atoms with Crippen LogP contribution in [0.5, 0.6) is 0 Å². The Kier molecular flexibility index (Phi) is 8.68. The van der Waals surface area contributed by atoms with Gasteiger partial charge in [-0.25, -0.2) is 13.4 Å². The van der Waals surface area contributed by atoms with Gasteiger partial charge in [0.2, 0.25) is 0 Å². The first kappa shape index (κ1) is 22.7. The lowest BCUT2D eigenvalue weighted by atomic mass is 10.1. The molecular formula is C19H29ClIN3O2S. The summed E-state index contributed by atoms with van der Waals surface area (Å²) in [6.45, 7) is 3.26. The largest absolute Gasteiger partial charge is 0.356 e. The van der Waals surface area contributed by atoms with Gasteiger partial charge in [0.1, 0.15) is 0 Å². The average molecular weight is 526 g/mol. The lowest BCUT2D eigenvalue weighted by Crippen LogP contribution is -2.44. The molecule has 0 amide bonds. The number of aliphatic imine (C=N–C) groups is 1. The second kappa shape index (κ2) is 10.3. The van der Waals surface area contributed by atoms with E-state index in [9.17, 15) is 8.42 Å². The van der Waals surface area contributed by atoms with Gasteiger partial charge in [-0.05, 0) is 55.4 Å². The highest BCUT2D eigenvalue weighted by atomic mass is 127. The maximum absolute atomic E-state index is 11.7. The van der Waals surface area contributed by atoms with E-state index in [4.69, 9.17) is 16.6 Å². The van der Waals surface area contributed by atoms with Gasteiger partial charge < -0.3 is 10.6 Å². The van der Waals surface area contributed by atoms with Crippen molar-refractivity contribution >= 4 is 51.4 Å². The summed E-state index contributed by atoms with van der Waals surface area (Å²) in [6.07, 6.45) is 5.56. The van der Waals surface area contributed by atoms with Crippen LogP contribution in [0.3, 0.4) is 0 Å². The first-order valence-corrected chi connectivity index (χ1v) is 11.6. The van der Waals surface area contributed by atoms with Gasteiger partial charge in [0.15, 0.2) is 15.8 Å². The van der Waals surface area contributed by atoms with E-state index in [1.165, 1.54) is 18.4 Å². The van der Waals surface area contributed by atoms with Crippen LogP contribution in [0.15, 0.2) is 23.2 Å². The molecule has 0 radical (unpaired) electrons. The van der Waals surface area contributed by atoms with E-state index >= 15 is 0 Å². The minimum atomic E-state index is -2.85. The summed E-state index contributed by atoms with van der Waals surface area (Å²) in [5.74, 6) is 1.54. The summed E-state index contributed by atoms with van der Waals surface area (Å²) >= 11 is 6.11. The minimum absolute atomic E-state index is 0. The Morgan fingerprint density at radius 3 is 2.67 bits per heavy atom. The molecule has 0 bridgehead atoms. The Labute approximate surface area is 184 Å². The van der Waals surface area contributed by atoms with E-state index in [1.807, 2.05) is 18.2 Å². The molecule has 1 aliphatic carbocycles. The molecule has 152 valence electrons. The van der Waals surface area contributed by atoms with Crippen molar-refractivity contribution in [3.05, 3.63) is 34.3 Å². The van der Waals surface area contributed by atoms with Crippen molar-refractivity contribution in [3.8, 4) is 0 Å². The second-order valence-electron chi connectivity index (χ2n) is 7.51. The maximum atomic E-state index is 11.7. The van der Waals surface area contributed by atoms with Crippen molar-refractivity contribution in [1.29, 1.82) is 0 Å². The second-order valence-corrected chi connectivity index (χ2v) is 10.2. The molecule has 8 heteroatoms. The fourth-order valence-electron chi connectivity index (χ4n) is 3.66. The Balaban J connectivity index is 0.00000261. The molecule has 3 rings (SSSR count). The summed E-state index contributed by atoms with van der Waals surface area (Å²) in [6, 6.07) is 6.31. The third-order valence-corrected chi connectivity index (χ3v) is 7.37. The van der Waals surface area contributed by atoms with Crippen LogP contribution in [0.1, 0.15) is 43.2 Å². The molecule has 1 heterocycles. The fraction of sp³-hybridized carbons (Fsp3) is 0.632. The van der Waals surface area contributed by atoms with E-state index < -0.39 is 9.84 Å². The van der Waals surface area contributed by atoms with E-state index in [0.29, 0.717) is 24.9 Å². The van der Waals surface area contributed by atoms with Crippen molar-refractivity contribution in [2.75, 3.05) is 18.1 Å². The SMILES string of the molecule is Cc1ccc(Cl)cc1CN=C(NCC1CCS(=O)(=O)C1)NC1CCCC1.I. The van der Waals surface area contributed by atoms with Gasteiger partial charge >= 0.3 is 0 Å². The Bertz CT molecular complexity index is 764. The number of benzene rings is 1. The van der Waals surface area contributed by atoms with Crippen molar-refractivity contribution in [1.82, 2.24) is 10.6 Å². The monoisotopic (exact) mass is 525 g/mol. The van der Waals surface area contributed by atoms with Crippen molar-refractivity contribution in [2.45, 2.75) is 51.6 Å². The van der Waals surface area contributed by atoms with Crippen molar-refractivity contribution in [3.63, 3.8) is 0 Å². The molecular weight excluding hydrogens is 497 g/mol. The summed E-state index contributed by atoms with van der Waals surface area (Å²) in [7, 11) is -2.85. The van der Waals surface area contributed by atoms with E-state index in [2.05, 4.69) is 17.6 Å². The number of aryl methyl sites for hydroxylation is 1. The zero-order chi connectivity index (χ0) is 18.6. The first-order valence-electron chi connectivity index (χ1n) is 9.41. The van der Waals surface area contributed by atoms with Crippen molar-refractivity contribution < 1.29 is 8.42 Å². The Morgan fingerprint density at radius 2 is 2.00 bits per heavy atom. The van der Waals surface area contributed by atoms with Gasteiger partial charge in [-0.2, -0.15) is 0 Å². The number of sulfone groups is 1. The molecule has 1 aromatic carbocycles. The van der Waals surface area contributed by atoms with Crippen LogP contribution < -0.4 is 10.6 Å². The highest BCUT2D eigenvalue weighted by Crippen LogP contribution is 2.19. The van der Waals surface area contributed by atoms with Crippen molar-refractivity contribution in [2.24, 2.45) is 10.9 Å². The molecule has 2 fully saturated rings. The topological polar surface area (TPSA) is 70.6 Å². The van der Waals surface area contributed by atoms with Gasteiger partial charge in [0, 0.05) is 17.6 Å². The molecule has 1 saturated carbocycles. The van der Waals surface area contributed by atoms with Gasteiger partial charge in [-0.1, -0.05) is 30.5 Å². The number of nitrogens with one attached hydrogen (secondary N) is 2. The molecule has 0 spiro atoms. The third-order valence-electron chi connectivity index (χ3n) is 5.30. The summed E-state index contributed by atoms with van der Waals surface area (Å²) < 4.78 is 23.3. The van der Waals surface area contributed by atoms with Crippen LogP contribution >= 0.6 is 35.6 Å². The number of nitrogens with zero attached hydrogens (tertiary/aromatic N) is 1. The summed E-state index contributed by atoms with van der Waals surface area (Å²) in [4.78, 5) is 4.74. The molecule has 1 saturated heterocycles. The predicted octanol–water partition coefficient (Wildman–Crippen LogP) is 3.68. The molecule has 2 aliphatic rings. The number of guanidine groups is 1. The van der Waals surface area contributed by atoms with Crippen LogP contribution in [0, 0.1) is 12.8 Å². The highest BCUT2D eigenvalue weighted by molar-refractivity contribution is 14.0. The van der Waals surface area contributed by atoms with Crippen LogP contribution in [0.25, 0.3) is 0 Å². The molecule has 1 aliphatic heterocycles. The Morgan fingerprint density at radius 1 is 1.26 bits per heavy atom. The molecule has 1 atom stereocenters. The summed E-state index contributed by atoms with van der Waals surface area (Å²) in [5.41, 5.74) is 2.27. The molecule has 0 aromatic heterocycles. The van der Waals surface area contributed by atoms with Gasteiger partial charge in [0.25, 0.3) is 0 Å². The number of hydrogen-bond donors (Lipinski definition) is 2. The lowest BCUT2D eigenvalue weighted by Gasteiger charge is -2.19. The van der Waals surface area contributed by atoms with Crippen LogP contribution in [0.2, 0.25) is 5.02 Å².